The van der Waals surface area contributed by atoms with Gasteiger partial charge in [-0.1, -0.05) is 6.07 Å². The number of rotatable bonds is 2. The van der Waals surface area contributed by atoms with Gasteiger partial charge in [-0.2, -0.15) is 5.26 Å². The first-order chi connectivity index (χ1) is 7.15. The fourth-order valence-corrected chi connectivity index (χ4v) is 1.20. The number of nitrogens with zero attached hydrogens (tertiary/aromatic N) is 1. The molecule has 0 aliphatic rings. The van der Waals surface area contributed by atoms with Gasteiger partial charge >= 0.3 is 5.97 Å². The number of nitriles is 1. The monoisotopic (exact) mass is 206 g/mol. The summed E-state index contributed by atoms with van der Waals surface area (Å²) in [6.45, 7) is 0.0849. The molecule has 0 amide bonds. The first-order valence-corrected chi connectivity index (χ1v) is 4.19. The van der Waals surface area contributed by atoms with Crippen LogP contribution in [0.5, 0.6) is 5.75 Å². The average molecular weight is 206 g/mol. The molecule has 5 nitrogen and oxygen atoms in total. The molecule has 0 atom stereocenters. The van der Waals surface area contributed by atoms with Gasteiger partial charge in [0.1, 0.15) is 17.4 Å². The molecule has 3 N–H and O–H groups in total. The van der Waals surface area contributed by atoms with Crippen molar-refractivity contribution in [2.24, 2.45) is 5.73 Å². The van der Waals surface area contributed by atoms with E-state index >= 15 is 0 Å². The highest BCUT2D eigenvalue weighted by Crippen LogP contribution is 2.26. The molecule has 0 saturated heterocycles. The Balaban J connectivity index is 3.44. The quantitative estimate of drug-likeness (QED) is 0.687. The Morgan fingerprint density at radius 3 is 2.80 bits per heavy atom. The number of esters is 1. The van der Waals surface area contributed by atoms with E-state index in [2.05, 4.69) is 4.74 Å². The Hall–Kier alpha value is -2.06. The fourth-order valence-electron chi connectivity index (χ4n) is 1.20. The largest absolute Gasteiger partial charge is 0.507 e. The third kappa shape index (κ3) is 1.90. The summed E-state index contributed by atoms with van der Waals surface area (Å²) in [7, 11) is 1.18. The summed E-state index contributed by atoms with van der Waals surface area (Å²) in [6.07, 6.45) is 0. The number of methoxy groups -OCH3 is 1. The number of nitrogens with two attached hydrogens (primary N) is 1. The zero-order valence-electron chi connectivity index (χ0n) is 8.15. The van der Waals surface area contributed by atoms with E-state index in [1.54, 1.807) is 6.07 Å². The minimum atomic E-state index is -0.751. The van der Waals surface area contributed by atoms with E-state index < -0.39 is 5.97 Å². The highest BCUT2D eigenvalue weighted by molar-refractivity contribution is 5.95. The lowest BCUT2D eigenvalue weighted by Gasteiger charge is -2.08. The Labute approximate surface area is 86.7 Å². The second-order valence-electron chi connectivity index (χ2n) is 2.80. The summed E-state index contributed by atoms with van der Waals surface area (Å²) in [4.78, 5) is 11.3. The third-order valence-electron chi connectivity index (χ3n) is 1.99. The van der Waals surface area contributed by atoms with E-state index in [1.807, 2.05) is 0 Å². The van der Waals surface area contributed by atoms with Crippen LogP contribution in [-0.2, 0) is 11.3 Å². The molecule has 0 spiro atoms. The Bertz CT molecular complexity index is 435. The van der Waals surface area contributed by atoms with Crippen LogP contribution in [0.1, 0.15) is 21.5 Å². The van der Waals surface area contributed by atoms with Crippen molar-refractivity contribution in [3.05, 3.63) is 28.8 Å². The van der Waals surface area contributed by atoms with Crippen LogP contribution in [0.15, 0.2) is 12.1 Å². The first kappa shape index (κ1) is 11.0. The smallest absolute Gasteiger partial charge is 0.343 e. The van der Waals surface area contributed by atoms with Crippen LogP contribution >= 0.6 is 0 Å². The van der Waals surface area contributed by atoms with Crippen LogP contribution in [0.3, 0.4) is 0 Å². The second-order valence-corrected chi connectivity index (χ2v) is 2.80. The molecular weight excluding hydrogens is 196 g/mol. The summed E-state index contributed by atoms with van der Waals surface area (Å²) in [5, 5.41) is 18.4. The number of carbonyl (C=O) groups is 1. The standard InChI is InChI=1S/C10H10N2O3/c1-15-10(14)8-6(4-11)2-3-7(5-12)9(8)13/h2-3,13H,5,12H2,1H3. The molecule has 0 fully saturated rings. The Morgan fingerprint density at radius 2 is 2.33 bits per heavy atom. The highest BCUT2D eigenvalue weighted by Gasteiger charge is 2.19. The van der Waals surface area contributed by atoms with Crippen molar-refractivity contribution in [2.75, 3.05) is 7.11 Å². The number of phenolic OH excluding ortho intramolecular Hbond substituents is 1. The van der Waals surface area contributed by atoms with E-state index in [0.717, 1.165) is 0 Å². The molecule has 1 aromatic carbocycles. The summed E-state index contributed by atoms with van der Waals surface area (Å²) in [5.74, 6) is -1.04. The molecule has 0 aliphatic heterocycles. The number of carbonyl (C=O) groups excluding carboxylic acids is 1. The lowest BCUT2D eigenvalue weighted by molar-refractivity contribution is 0.0597. The maximum Gasteiger partial charge on any atom is 0.343 e. The first-order valence-electron chi connectivity index (χ1n) is 4.19. The van der Waals surface area contributed by atoms with Crippen molar-refractivity contribution in [1.29, 1.82) is 5.26 Å². The van der Waals surface area contributed by atoms with Gasteiger partial charge < -0.3 is 15.6 Å². The molecule has 0 saturated carbocycles. The van der Waals surface area contributed by atoms with Gasteiger partial charge in [0, 0.05) is 12.1 Å². The van der Waals surface area contributed by atoms with Crippen molar-refractivity contribution in [2.45, 2.75) is 6.54 Å². The lowest BCUT2D eigenvalue weighted by Crippen LogP contribution is -2.07. The summed E-state index contributed by atoms with van der Waals surface area (Å²) in [5.41, 5.74) is 5.69. The average Bonchev–Trinajstić information content (AvgIpc) is 2.27. The van der Waals surface area contributed by atoms with Crippen molar-refractivity contribution in [3.8, 4) is 11.8 Å². The van der Waals surface area contributed by atoms with Crippen LogP contribution in [-0.4, -0.2) is 18.2 Å². The predicted octanol–water partition coefficient (Wildman–Crippen LogP) is 0.509. The molecule has 0 unspecified atom stereocenters. The number of aromatic hydroxyl groups is 1. The van der Waals surface area contributed by atoms with Crippen molar-refractivity contribution >= 4 is 5.97 Å². The van der Waals surface area contributed by atoms with Gasteiger partial charge in [-0.25, -0.2) is 4.79 Å². The maximum atomic E-state index is 11.3. The van der Waals surface area contributed by atoms with Crippen LogP contribution in [0.2, 0.25) is 0 Å². The normalized spacial score (nSPS) is 9.40. The minimum Gasteiger partial charge on any atom is -0.507 e. The number of ether oxygens (including phenoxy) is 1. The number of phenols is 1. The van der Waals surface area contributed by atoms with E-state index in [1.165, 1.54) is 19.2 Å². The van der Waals surface area contributed by atoms with Gasteiger partial charge in [0.15, 0.2) is 0 Å². The topological polar surface area (TPSA) is 96.3 Å². The summed E-state index contributed by atoms with van der Waals surface area (Å²) < 4.78 is 4.47. The van der Waals surface area contributed by atoms with E-state index in [0.29, 0.717) is 5.56 Å². The molecule has 78 valence electrons. The molecule has 1 rings (SSSR count). The number of benzene rings is 1. The minimum absolute atomic E-state index is 0.0663. The van der Waals surface area contributed by atoms with Crippen LogP contribution in [0.4, 0.5) is 0 Å². The van der Waals surface area contributed by atoms with Gasteiger partial charge in [-0.3, -0.25) is 0 Å². The lowest BCUT2D eigenvalue weighted by atomic mass is 10.0. The Kier molecular flexibility index (Phi) is 3.26. The molecule has 0 radical (unpaired) electrons. The van der Waals surface area contributed by atoms with Crippen LogP contribution < -0.4 is 5.73 Å². The molecule has 15 heavy (non-hydrogen) atoms. The van der Waals surface area contributed by atoms with Crippen molar-refractivity contribution < 1.29 is 14.6 Å². The maximum absolute atomic E-state index is 11.3. The van der Waals surface area contributed by atoms with Gasteiger partial charge in [0.2, 0.25) is 0 Å². The van der Waals surface area contributed by atoms with Crippen molar-refractivity contribution in [1.82, 2.24) is 0 Å². The van der Waals surface area contributed by atoms with Gasteiger partial charge in [0.25, 0.3) is 0 Å². The molecule has 0 aliphatic carbocycles. The second kappa shape index (κ2) is 4.44. The zero-order chi connectivity index (χ0) is 11.4. The SMILES string of the molecule is COC(=O)c1c(C#N)ccc(CN)c1O. The molecule has 0 aromatic heterocycles. The van der Waals surface area contributed by atoms with E-state index in [9.17, 15) is 9.90 Å². The molecule has 0 bridgehead atoms. The summed E-state index contributed by atoms with van der Waals surface area (Å²) >= 11 is 0. The molecule has 5 heteroatoms. The van der Waals surface area contributed by atoms with E-state index in [4.69, 9.17) is 11.0 Å². The zero-order valence-corrected chi connectivity index (χ0v) is 8.15. The van der Waals surface area contributed by atoms with E-state index in [-0.39, 0.29) is 23.4 Å². The van der Waals surface area contributed by atoms with Gasteiger partial charge in [-0.15, -0.1) is 0 Å². The van der Waals surface area contributed by atoms with Crippen LogP contribution in [0.25, 0.3) is 0 Å². The molecule has 0 heterocycles. The van der Waals surface area contributed by atoms with Crippen molar-refractivity contribution in [3.63, 3.8) is 0 Å². The Morgan fingerprint density at radius 1 is 1.67 bits per heavy atom. The van der Waals surface area contributed by atoms with Crippen LogP contribution in [0, 0.1) is 11.3 Å². The summed E-state index contributed by atoms with van der Waals surface area (Å²) in [6, 6.07) is 4.73. The predicted molar refractivity (Wildman–Crippen MR) is 52.1 cm³/mol. The van der Waals surface area contributed by atoms with Gasteiger partial charge in [0.05, 0.1) is 12.7 Å². The molecule has 1 aromatic rings. The highest BCUT2D eigenvalue weighted by atomic mass is 16.5. The molecular formula is C10H10N2O3. The fraction of sp³-hybridized carbons (Fsp3) is 0.200. The van der Waals surface area contributed by atoms with Gasteiger partial charge in [-0.05, 0) is 6.07 Å². The third-order valence-corrected chi connectivity index (χ3v) is 1.99. The number of hydrogen-bond donors (Lipinski definition) is 2. The number of hydrogen-bond acceptors (Lipinski definition) is 5.